The van der Waals surface area contributed by atoms with Crippen LogP contribution in [-0.4, -0.2) is 27.9 Å². The van der Waals surface area contributed by atoms with E-state index in [0.717, 1.165) is 10.6 Å². The summed E-state index contributed by atoms with van der Waals surface area (Å²) in [5.41, 5.74) is -0.0523. The Hall–Kier alpha value is -2.97. The SMILES string of the molecule is CON(C(=O)c1cn(C)nc1C(F)F)C(C)c1ccc(Oc2ccc(Cl)cc2)cc1. The Morgan fingerprint density at radius 3 is 2.20 bits per heavy atom. The number of aryl methyl sites for hydroxylation is 1. The molecular weight excluding hydrogens is 416 g/mol. The van der Waals surface area contributed by atoms with Crippen molar-refractivity contribution in [3.63, 3.8) is 0 Å². The average molecular weight is 436 g/mol. The quantitative estimate of drug-likeness (QED) is 0.455. The second-order valence-corrected chi connectivity index (χ2v) is 6.95. The molecule has 1 atom stereocenters. The van der Waals surface area contributed by atoms with Gasteiger partial charge in [0.2, 0.25) is 0 Å². The number of halogens is 3. The lowest BCUT2D eigenvalue weighted by Crippen LogP contribution is -2.33. The summed E-state index contributed by atoms with van der Waals surface area (Å²) in [6.45, 7) is 1.73. The summed E-state index contributed by atoms with van der Waals surface area (Å²) in [6.07, 6.45) is -1.62. The molecule has 3 rings (SSSR count). The maximum Gasteiger partial charge on any atom is 0.282 e. The third-order valence-electron chi connectivity index (χ3n) is 4.45. The van der Waals surface area contributed by atoms with Gasteiger partial charge in [0.15, 0.2) is 0 Å². The van der Waals surface area contributed by atoms with Gasteiger partial charge >= 0.3 is 0 Å². The number of hydrogen-bond acceptors (Lipinski definition) is 4. The van der Waals surface area contributed by atoms with E-state index < -0.39 is 24.1 Å². The Kier molecular flexibility index (Phi) is 6.69. The molecule has 3 aromatic rings. The van der Waals surface area contributed by atoms with Gasteiger partial charge in [-0.2, -0.15) is 5.10 Å². The summed E-state index contributed by atoms with van der Waals surface area (Å²) >= 11 is 5.87. The van der Waals surface area contributed by atoms with Crippen molar-refractivity contribution in [2.24, 2.45) is 7.05 Å². The molecule has 0 aliphatic rings. The molecule has 0 N–H and O–H groups in total. The molecule has 0 spiro atoms. The first-order valence-corrected chi connectivity index (χ1v) is 9.40. The van der Waals surface area contributed by atoms with Crippen LogP contribution in [-0.2, 0) is 11.9 Å². The van der Waals surface area contributed by atoms with Gasteiger partial charge in [0.25, 0.3) is 12.3 Å². The molecule has 0 radical (unpaired) electrons. The molecule has 1 amide bonds. The van der Waals surface area contributed by atoms with Crippen LogP contribution in [0, 0.1) is 0 Å². The fraction of sp³-hybridized carbons (Fsp3) is 0.238. The fourth-order valence-electron chi connectivity index (χ4n) is 2.96. The minimum absolute atomic E-state index is 0.205. The Bertz CT molecular complexity index is 1010. The molecule has 0 aliphatic carbocycles. The van der Waals surface area contributed by atoms with Crippen LogP contribution in [0.5, 0.6) is 11.5 Å². The summed E-state index contributed by atoms with van der Waals surface area (Å²) in [5.74, 6) is 0.524. The fourth-order valence-corrected chi connectivity index (χ4v) is 3.08. The molecule has 1 heterocycles. The van der Waals surface area contributed by atoms with Crippen LogP contribution in [0.15, 0.2) is 54.7 Å². The Morgan fingerprint density at radius 1 is 1.10 bits per heavy atom. The standard InChI is InChI=1S/C21H20ClF2N3O3/c1-13(27(29-3)21(28)18-12-26(2)25-19(18)20(23)24)14-4-8-16(9-5-14)30-17-10-6-15(22)7-11-17/h4-13,20H,1-3H3. The predicted octanol–water partition coefficient (Wildman–Crippen LogP) is 5.57. The lowest BCUT2D eigenvalue weighted by Gasteiger charge is -2.27. The second-order valence-electron chi connectivity index (χ2n) is 6.52. The average Bonchev–Trinajstić information content (AvgIpc) is 3.13. The lowest BCUT2D eigenvalue weighted by molar-refractivity contribution is -0.121. The third kappa shape index (κ3) is 4.77. The number of rotatable bonds is 7. The van der Waals surface area contributed by atoms with E-state index in [4.69, 9.17) is 21.2 Å². The first-order chi connectivity index (χ1) is 14.3. The van der Waals surface area contributed by atoms with Crippen LogP contribution in [0.3, 0.4) is 0 Å². The largest absolute Gasteiger partial charge is 0.457 e. The van der Waals surface area contributed by atoms with Crippen molar-refractivity contribution in [3.05, 3.63) is 76.6 Å². The zero-order valence-corrected chi connectivity index (χ0v) is 17.3. The molecule has 1 aromatic heterocycles. The molecule has 30 heavy (non-hydrogen) atoms. The van der Waals surface area contributed by atoms with Crippen molar-refractivity contribution in [3.8, 4) is 11.5 Å². The molecular formula is C21H20ClF2N3O3. The normalized spacial score (nSPS) is 12.1. The van der Waals surface area contributed by atoms with Crippen molar-refractivity contribution < 1.29 is 23.1 Å². The van der Waals surface area contributed by atoms with Crippen LogP contribution in [0.1, 0.15) is 41.0 Å². The maximum absolute atomic E-state index is 13.2. The Morgan fingerprint density at radius 2 is 1.67 bits per heavy atom. The molecule has 9 heteroatoms. The number of alkyl halides is 2. The molecule has 1 unspecified atom stereocenters. The number of benzene rings is 2. The number of carbonyl (C=O) groups excluding carboxylic acids is 1. The molecule has 0 bridgehead atoms. The van der Waals surface area contributed by atoms with Crippen LogP contribution in [0.25, 0.3) is 0 Å². The van der Waals surface area contributed by atoms with E-state index in [1.807, 2.05) is 0 Å². The van der Waals surface area contributed by atoms with Gasteiger partial charge in [0.1, 0.15) is 17.2 Å². The van der Waals surface area contributed by atoms with Crippen LogP contribution < -0.4 is 4.74 Å². The smallest absolute Gasteiger partial charge is 0.282 e. The van der Waals surface area contributed by atoms with Gasteiger partial charge in [-0.25, -0.2) is 13.8 Å². The van der Waals surface area contributed by atoms with Crippen LogP contribution in [0.2, 0.25) is 5.02 Å². The minimum atomic E-state index is -2.87. The van der Waals surface area contributed by atoms with Gasteiger partial charge in [0, 0.05) is 18.3 Å². The van der Waals surface area contributed by atoms with Crippen molar-refractivity contribution in [2.45, 2.75) is 19.4 Å². The number of ether oxygens (including phenoxy) is 1. The Labute approximate surface area is 177 Å². The monoisotopic (exact) mass is 435 g/mol. The summed E-state index contributed by atoms with van der Waals surface area (Å²) in [5, 5.41) is 5.33. The highest BCUT2D eigenvalue weighted by Gasteiger charge is 2.30. The number of amides is 1. The van der Waals surface area contributed by atoms with E-state index in [9.17, 15) is 13.6 Å². The summed E-state index contributed by atoms with van der Waals surface area (Å²) < 4.78 is 33.4. The predicted molar refractivity (Wildman–Crippen MR) is 108 cm³/mol. The lowest BCUT2D eigenvalue weighted by atomic mass is 10.1. The number of aromatic nitrogens is 2. The van der Waals surface area contributed by atoms with Gasteiger partial charge in [-0.1, -0.05) is 23.7 Å². The van der Waals surface area contributed by atoms with Crippen molar-refractivity contribution in [1.29, 1.82) is 0 Å². The maximum atomic E-state index is 13.2. The van der Waals surface area contributed by atoms with E-state index in [0.29, 0.717) is 16.5 Å². The van der Waals surface area contributed by atoms with E-state index in [-0.39, 0.29) is 5.56 Å². The minimum Gasteiger partial charge on any atom is -0.457 e. The molecule has 0 saturated carbocycles. The highest BCUT2D eigenvalue weighted by molar-refractivity contribution is 6.30. The van der Waals surface area contributed by atoms with Crippen molar-refractivity contribution >= 4 is 17.5 Å². The Balaban J connectivity index is 1.77. The van der Waals surface area contributed by atoms with Crippen LogP contribution in [0.4, 0.5) is 8.78 Å². The van der Waals surface area contributed by atoms with Gasteiger partial charge in [0.05, 0.1) is 18.7 Å². The van der Waals surface area contributed by atoms with Crippen LogP contribution >= 0.6 is 11.6 Å². The summed E-state index contributed by atoms with van der Waals surface area (Å²) in [6, 6.07) is 13.4. The number of carbonyl (C=O) groups is 1. The number of hydrogen-bond donors (Lipinski definition) is 0. The first-order valence-electron chi connectivity index (χ1n) is 9.03. The van der Waals surface area contributed by atoms with Crippen molar-refractivity contribution in [2.75, 3.05) is 7.11 Å². The van der Waals surface area contributed by atoms with Gasteiger partial charge < -0.3 is 4.74 Å². The van der Waals surface area contributed by atoms with E-state index >= 15 is 0 Å². The molecule has 158 valence electrons. The van der Waals surface area contributed by atoms with Gasteiger partial charge in [-0.05, 0) is 48.9 Å². The summed E-state index contributed by atoms with van der Waals surface area (Å²) in [4.78, 5) is 18.1. The van der Waals surface area contributed by atoms with E-state index in [1.54, 1.807) is 55.5 Å². The van der Waals surface area contributed by atoms with E-state index in [2.05, 4.69) is 5.10 Å². The first kappa shape index (κ1) is 21.7. The topological polar surface area (TPSA) is 56.6 Å². The highest BCUT2D eigenvalue weighted by atomic mass is 35.5. The zero-order valence-electron chi connectivity index (χ0n) is 16.6. The summed E-state index contributed by atoms with van der Waals surface area (Å²) in [7, 11) is 2.79. The molecule has 6 nitrogen and oxygen atoms in total. The van der Waals surface area contributed by atoms with Crippen molar-refractivity contribution in [1.82, 2.24) is 14.8 Å². The second kappa shape index (κ2) is 9.23. The van der Waals surface area contributed by atoms with E-state index in [1.165, 1.54) is 25.0 Å². The number of hydroxylamine groups is 2. The molecule has 0 saturated heterocycles. The van der Waals surface area contributed by atoms with Gasteiger partial charge in [-0.3, -0.25) is 14.3 Å². The van der Waals surface area contributed by atoms with Gasteiger partial charge in [-0.15, -0.1) is 0 Å². The molecule has 0 fully saturated rings. The molecule has 0 aliphatic heterocycles. The zero-order chi connectivity index (χ0) is 21.8. The molecule has 2 aromatic carbocycles. The third-order valence-corrected chi connectivity index (χ3v) is 4.71. The number of nitrogens with zero attached hydrogens (tertiary/aromatic N) is 3. The highest BCUT2D eigenvalue weighted by Crippen LogP contribution is 2.29.